The normalized spacial score (nSPS) is 11.9. The zero-order valence-electron chi connectivity index (χ0n) is 23.4. The molecule has 0 amide bonds. The molecule has 0 spiro atoms. The third-order valence-corrected chi connectivity index (χ3v) is 6.73. The lowest BCUT2D eigenvalue weighted by molar-refractivity contribution is -0.134. The molecule has 0 saturated carbocycles. The quantitative estimate of drug-likeness (QED) is 0.0896. The monoisotopic (exact) mass is 546 g/mol. The predicted octanol–water partition coefficient (Wildman–Crippen LogP) is 8.25. The number of carbonyl (C=O) groups is 1. The number of unbranched alkanes of at least 4 members (excludes halogenated alkanes) is 8. The van der Waals surface area contributed by atoms with Crippen LogP contribution in [0.15, 0.2) is 72.8 Å². The van der Waals surface area contributed by atoms with Gasteiger partial charge in [-0.15, -0.1) is 0 Å². The summed E-state index contributed by atoms with van der Waals surface area (Å²) in [4.78, 5) is 12.7. The smallest absolute Gasteiger partial charge is 0.311 e. The third-order valence-electron chi connectivity index (χ3n) is 6.73. The lowest BCUT2D eigenvalue weighted by Gasteiger charge is -2.15. The minimum Gasteiger partial charge on any atom is -0.508 e. The Labute approximate surface area is 237 Å². The number of phenolic OH excluding ortho intramolecular Hbond substituents is 2. The van der Waals surface area contributed by atoms with E-state index in [1.165, 1.54) is 56.7 Å². The first-order valence-corrected chi connectivity index (χ1v) is 14.4. The topological polar surface area (TPSA) is 96.2 Å². The zero-order chi connectivity index (χ0) is 28.6. The first-order chi connectivity index (χ1) is 19.5. The van der Waals surface area contributed by atoms with E-state index in [0.29, 0.717) is 29.9 Å². The summed E-state index contributed by atoms with van der Waals surface area (Å²) in [5.74, 6) is 0.240. The van der Waals surface area contributed by atoms with Gasteiger partial charge in [0.05, 0.1) is 0 Å². The van der Waals surface area contributed by atoms with Gasteiger partial charge in [0.15, 0.2) is 0 Å². The van der Waals surface area contributed by atoms with Gasteiger partial charge in [-0.3, -0.25) is 4.79 Å². The molecule has 0 saturated heterocycles. The second-order valence-corrected chi connectivity index (χ2v) is 10.1. The van der Waals surface area contributed by atoms with Crippen LogP contribution in [-0.4, -0.2) is 21.3 Å². The van der Waals surface area contributed by atoms with Crippen molar-refractivity contribution >= 4 is 12.0 Å². The Morgan fingerprint density at radius 1 is 0.850 bits per heavy atom. The summed E-state index contributed by atoms with van der Waals surface area (Å²) < 4.78 is 11.6. The fourth-order valence-electron chi connectivity index (χ4n) is 4.40. The number of aliphatic hydroxyl groups is 1. The first-order valence-electron chi connectivity index (χ1n) is 14.4. The maximum Gasteiger partial charge on any atom is 0.311 e. The Morgan fingerprint density at radius 3 is 2.25 bits per heavy atom. The number of phenols is 2. The van der Waals surface area contributed by atoms with Gasteiger partial charge in [-0.1, -0.05) is 101 Å². The van der Waals surface area contributed by atoms with Gasteiger partial charge in [0.25, 0.3) is 0 Å². The van der Waals surface area contributed by atoms with Crippen LogP contribution in [0.2, 0.25) is 0 Å². The van der Waals surface area contributed by atoms with Crippen LogP contribution in [0.25, 0.3) is 6.08 Å². The van der Waals surface area contributed by atoms with Crippen LogP contribution in [0.5, 0.6) is 23.0 Å². The van der Waals surface area contributed by atoms with E-state index < -0.39 is 6.10 Å². The van der Waals surface area contributed by atoms with Crippen LogP contribution in [0.1, 0.15) is 93.9 Å². The second-order valence-electron chi connectivity index (χ2n) is 10.1. The van der Waals surface area contributed by atoms with Gasteiger partial charge in [0.2, 0.25) is 0 Å². The van der Waals surface area contributed by atoms with E-state index in [-0.39, 0.29) is 23.2 Å². The summed E-state index contributed by atoms with van der Waals surface area (Å²) >= 11 is 0. The maximum absolute atomic E-state index is 12.7. The Morgan fingerprint density at radius 2 is 1.55 bits per heavy atom. The largest absolute Gasteiger partial charge is 0.508 e. The number of aliphatic hydroxyl groups excluding tert-OH is 1. The highest BCUT2D eigenvalue weighted by Crippen LogP contribution is 2.32. The number of rotatable bonds is 17. The molecule has 6 nitrogen and oxygen atoms in total. The van der Waals surface area contributed by atoms with Crippen molar-refractivity contribution in [2.24, 2.45) is 0 Å². The standard InChI is InChI=1S/C34H42O6/c1-2-3-4-5-6-7-8-9-13-16-34(38)40-33-24-29(39-25-26-14-11-10-12-15-26)20-21-30(33)31(36)22-18-27-17-19-28(35)23-32(27)37/h10-12,14-15,17-24,31,35-37H,2-9,13,16,25H2,1H3. The summed E-state index contributed by atoms with van der Waals surface area (Å²) in [5.41, 5.74) is 1.85. The van der Waals surface area contributed by atoms with Gasteiger partial charge in [0.1, 0.15) is 35.7 Å². The van der Waals surface area contributed by atoms with Crippen molar-refractivity contribution in [3.8, 4) is 23.0 Å². The molecule has 0 heterocycles. The Bertz CT molecular complexity index is 1200. The minimum absolute atomic E-state index is 0.0533. The number of hydrogen-bond acceptors (Lipinski definition) is 6. The average Bonchev–Trinajstić information content (AvgIpc) is 2.95. The van der Waals surface area contributed by atoms with Crippen LogP contribution in [0.4, 0.5) is 0 Å². The lowest BCUT2D eigenvalue weighted by atomic mass is 10.1. The van der Waals surface area contributed by atoms with Crippen molar-refractivity contribution in [2.45, 2.75) is 83.8 Å². The molecule has 0 radical (unpaired) electrons. The number of hydrogen-bond donors (Lipinski definition) is 3. The molecule has 6 heteroatoms. The number of carbonyl (C=O) groups excluding carboxylic acids is 1. The molecular weight excluding hydrogens is 504 g/mol. The molecule has 3 N–H and O–H groups in total. The number of ether oxygens (including phenoxy) is 2. The Hall–Kier alpha value is -3.77. The highest BCUT2D eigenvalue weighted by atomic mass is 16.5. The molecule has 214 valence electrons. The second kappa shape index (κ2) is 17.0. The van der Waals surface area contributed by atoms with E-state index in [4.69, 9.17) is 9.47 Å². The Balaban J connectivity index is 1.63. The molecule has 0 aliphatic heterocycles. The molecule has 1 atom stereocenters. The van der Waals surface area contributed by atoms with E-state index in [0.717, 1.165) is 24.8 Å². The molecule has 0 bridgehead atoms. The fourth-order valence-corrected chi connectivity index (χ4v) is 4.40. The fraction of sp³-hybridized carbons (Fsp3) is 0.382. The van der Waals surface area contributed by atoms with Crippen LogP contribution in [0.3, 0.4) is 0 Å². The van der Waals surface area contributed by atoms with Crippen molar-refractivity contribution in [1.82, 2.24) is 0 Å². The van der Waals surface area contributed by atoms with Crippen LogP contribution in [0, 0.1) is 0 Å². The third kappa shape index (κ3) is 10.8. The van der Waals surface area contributed by atoms with Crippen molar-refractivity contribution in [3.63, 3.8) is 0 Å². The summed E-state index contributed by atoms with van der Waals surface area (Å²) in [6.45, 7) is 2.57. The molecule has 0 aliphatic carbocycles. The van der Waals surface area contributed by atoms with Gasteiger partial charge in [-0.25, -0.2) is 0 Å². The van der Waals surface area contributed by atoms with Crippen molar-refractivity contribution in [3.05, 3.63) is 89.5 Å². The number of esters is 1. The van der Waals surface area contributed by atoms with E-state index in [1.54, 1.807) is 30.3 Å². The molecule has 40 heavy (non-hydrogen) atoms. The van der Waals surface area contributed by atoms with Crippen molar-refractivity contribution in [2.75, 3.05) is 0 Å². The molecule has 3 rings (SSSR count). The van der Waals surface area contributed by atoms with Gasteiger partial charge >= 0.3 is 5.97 Å². The van der Waals surface area contributed by atoms with Crippen LogP contribution >= 0.6 is 0 Å². The van der Waals surface area contributed by atoms with Gasteiger partial charge in [-0.2, -0.15) is 0 Å². The van der Waals surface area contributed by atoms with Crippen LogP contribution in [-0.2, 0) is 11.4 Å². The molecule has 1 unspecified atom stereocenters. The molecule has 3 aromatic rings. The van der Waals surface area contributed by atoms with Crippen LogP contribution < -0.4 is 9.47 Å². The highest BCUT2D eigenvalue weighted by molar-refractivity contribution is 5.73. The van der Waals surface area contributed by atoms with Crippen molar-refractivity contribution in [1.29, 1.82) is 0 Å². The number of benzene rings is 3. The molecule has 0 aromatic heterocycles. The summed E-state index contributed by atoms with van der Waals surface area (Å²) in [7, 11) is 0. The van der Waals surface area contributed by atoms with E-state index in [1.807, 2.05) is 30.3 Å². The molecular formula is C34H42O6. The van der Waals surface area contributed by atoms with Gasteiger partial charge < -0.3 is 24.8 Å². The minimum atomic E-state index is -1.10. The highest BCUT2D eigenvalue weighted by Gasteiger charge is 2.16. The predicted molar refractivity (Wildman–Crippen MR) is 158 cm³/mol. The Kier molecular flexibility index (Phi) is 13.1. The maximum atomic E-state index is 12.7. The summed E-state index contributed by atoms with van der Waals surface area (Å²) in [6, 6.07) is 19.0. The summed E-state index contributed by atoms with van der Waals surface area (Å²) in [6.07, 6.45) is 12.7. The SMILES string of the molecule is CCCCCCCCCCCC(=O)Oc1cc(OCc2ccccc2)ccc1C(O)C=Cc1ccc(O)cc1O. The molecule has 0 aliphatic rings. The van der Waals surface area contributed by atoms with E-state index >= 15 is 0 Å². The summed E-state index contributed by atoms with van der Waals surface area (Å²) in [5, 5.41) is 30.5. The molecule has 0 fully saturated rings. The van der Waals surface area contributed by atoms with E-state index in [2.05, 4.69) is 6.92 Å². The van der Waals surface area contributed by atoms with Gasteiger partial charge in [0, 0.05) is 29.7 Å². The van der Waals surface area contributed by atoms with Gasteiger partial charge in [-0.05, 0) is 36.2 Å². The first kappa shape index (κ1) is 30.8. The number of aromatic hydroxyl groups is 2. The van der Waals surface area contributed by atoms with Crippen molar-refractivity contribution < 1.29 is 29.6 Å². The lowest BCUT2D eigenvalue weighted by Crippen LogP contribution is -2.10. The molecule has 3 aromatic carbocycles. The van der Waals surface area contributed by atoms with E-state index in [9.17, 15) is 20.1 Å². The average molecular weight is 547 g/mol. The zero-order valence-corrected chi connectivity index (χ0v) is 23.4.